The average molecular weight is 450 g/mol. The second kappa shape index (κ2) is 10.2. The molecule has 0 amide bonds. The van der Waals surface area contributed by atoms with E-state index in [1.165, 1.54) is 6.07 Å². The first kappa shape index (κ1) is 23.1. The standard InChI is InChI=1S/C26H32FN5O/c1-18(2)25-16-24(21-8-9-23(27)19(3)14-21)30-32(25)17-22(33)15-20-6-5-12-31(13-10-20)26-7-4-11-28-29-26/h4,7-9,11,14,16,18,20H,5-6,10,12-13,15,17H2,1-3H3. The number of nitrogens with zero attached hydrogens (tertiary/aromatic N) is 5. The molecule has 0 saturated carbocycles. The highest BCUT2D eigenvalue weighted by Gasteiger charge is 2.22. The molecule has 0 spiro atoms. The quantitative estimate of drug-likeness (QED) is 0.497. The topological polar surface area (TPSA) is 63.9 Å². The van der Waals surface area contributed by atoms with Crippen molar-refractivity contribution in [1.29, 1.82) is 0 Å². The molecule has 33 heavy (non-hydrogen) atoms. The van der Waals surface area contributed by atoms with Gasteiger partial charge < -0.3 is 4.90 Å². The number of aryl methyl sites for hydroxylation is 1. The first-order valence-electron chi connectivity index (χ1n) is 11.8. The van der Waals surface area contributed by atoms with E-state index in [9.17, 15) is 9.18 Å². The number of aromatic nitrogens is 4. The predicted molar refractivity (Wildman–Crippen MR) is 128 cm³/mol. The van der Waals surface area contributed by atoms with E-state index in [0.717, 1.165) is 55.1 Å². The molecule has 2 aromatic heterocycles. The Hall–Kier alpha value is -3.09. The second-order valence-corrected chi connectivity index (χ2v) is 9.34. The number of carbonyl (C=O) groups is 1. The summed E-state index contributed by atoms with van der Waals surface area (Å²) >= 11 is 0. The van der Waals surface area contributed by atoms with Crippen molar-refractivity contribution >= 4 is 11.6 Å². The fraction of sp³-hybridized carbons (Fsp3) is 0.462. The molecule has 0 aliphatic carbocycles. The van der Waals surface area contributed by atoms with Gasteiger partial charge in [0.05, 0.1) is 12.2 Å². The first-order valence-corrected chi connectivity index (χ1v) is 11.8. The van der Waals surface area contributed by atoms with Crippen LogP contribution in [0.2, 0.25) is 0 Å². The van der Waals surface area contributed by atoms with Gasteiger partial charge in [-0.2, -0.15) is 10.2 Å². The molecular formula is C26H32FN5O. The highest BCUT2D eigenvalue weighted by molar-refractivity contribution is 5.78. The minimum atomic E-state index is -0.223. The van der Waals surface area contributed by atoms with Crippen LogP contribution in [0.4, 0.5) is 10.2 Å². The SMILES string of the molecule is Cc1cc(-c2cc(C(C)C)n(CC(=O)CC3CCCN(c4cccnn4)CC3)n2)ccc1F. The van der Waals surface area contributed by atoms with Gasteiger partial charge in [0.1, 0.15) is 5.82 Å². The van der Waals surface area contributed by atoms with E-state index >= 15 is 0 Å². The van der Waals surface area contributed by atoms with E-state index in [2.05, 4.69) is 28.9 Å². The Labute approximate surface area is 194 Å². The van der Waals surface area contributed by atoms with E-state index in [-0.39, 0.29) is 24.1 Å². The fourth-order valence-electron chi connectivity index (χ4n) is 4.58. The number of halogens is 1. The monoisotopic (exact) mass is 449 g/mol. The van der Waals surface area contributed by atoms with Gasteiger partial charge in [-0.3, -0.25) is 9.48 Å². The minimum Gasteiger partial charge on any atom is -0.355 e. The number of hydrogen-bond donors (Lipinski definition) is 0. The molecule has 1 saturated heterocycles. The zero-order valence-corrected chi connectivity index (χ0v) is 19.7. The Bertz CT molecular complexity index is 1100. The zero-order chi connectivity index (χ0) is 23.4. The molecule has 7 heteroatoms. The van der Waals surface area contributed by atoms with Gasteiger partial charge in [-0.15, -0.1) is 5.10 Å². The van der Waals surface area contributed by atoms with Gasteiger partial charge in [0.25, 0.3) is 0 Å². The van der Waals surface area contributed by atoms with Gasteiger partial charge in [-0.1, -0.05) is 13.8 Å². The van der Waals surface area contributed by atoms with Crippen LogP contribution in [0, 0.1) is 18.7 Å². The molecule has 1 atom stereocenters. The third kappa shape index (κ3) is 5.64. The van der Waals surface area contributed by atoms with E-state index in [1.54, 1.807) is 19.2 Å². The Morgan fingerprint density at radius 2 is 2.03 bits per heavy atom. The lowest BCUT2D eigenvalue weighted by atomic mass is 9.94. The van der Waals surface area contributed by atoms with Crippen LogP contribution >= 0.6 is 0 Å². The molecule has 4 rings (SSSR count). The van der Waals surface area contributed by atoms with Gasteiger partial charge in [-0.05, 0) is 80.0 Å². The summed E-state index contributed by atoms with van der Waals surface area (Å²) in [5.41, 5.74) is 3.27. The number of ketones is 1. The summed E-state index contributed by atoms with van der Waals surface area (Å²) in [4.78, 5) is 15.3. The van der Waals surface area contributed by atoms with Crippen LogP contribution in [0.25, 0.3) is 11.3 Å². The Morgan fingerprint density at radius 3 is 2.76 bits per heavy atom. The number of anilines is 1. The van der Waals surface area contributed by atoms with Gasteiger partial charge in [0.15, 0.2) is 11.6 Å². The third-order valence-electron chi connectivity index (χ3n) is 6.43. The Kier molecular flexibility index (Phi) is 7.16. The van der Waals surface area contributed by atoms with E-state index in [1.807, 2.05) is 28.9 Å². The molecule has 0 radical (unpaired) electrons. The maximum atomic E-state index is 13.7. The van der Waals surface area contributed by atoms with Crippen LogP contribution < -0.4 is 4.90 Å². The average Bonchev–Trinajstić information content (AvgIpc) is 3.08. The molecule has 6 nitrogen and oxygen atoms in total. The van der Waals surface area contributed by atoms with Gasteiger partial charge in [0.2, 0.25) is 0 Å². The van der Waals surface area contributed by atoms with Crippen LogP contribution in [-0.2, 0) is 11.3 Å². The molecular weight excluding hydrogens is 417 g/mol. The summed E-state index contributed by atoms with van der Waals surface area (Å²) in [6.45, 7) is 8.07. The molecule has 0 N–H and O–H groups in total. The van der Waals surface area contributed by atoms with Crippen molar-refractivity contribution in [1.82, 2.24) is 20.0 Å². The normalized spacial score (nSPS) is 16.8. The molecule has 1 aliphatic heterocycles. The minimum absolute atomic E-state index is 0.208. The van der Waals surface area contributed by atoms with Crippen LogP contribution in [0.15, 0.2) is 42.6 Å². The molecule has 0 bridgehead atoms. The first-order chi connectivity index (χ1) is 15.9. The van der Waals surface area contributed by atoms with Gasteiger partial charge in [0, 0.05) is 37.0 Å². The zero-order valence-electron chi connectivity index (χ0n) is 19.7. The van der Waals surface area contributed by atoms with Crippen molar-refractivity contribution < 1.29 is 9.18 Å². The summed E-state index contributed by atoms with van der Waals surface area (Å²) in [6.07, 6.45) is 5.31. The molecule has 3 aromatic rings. The lowest BCUT2D eigenvalue weighted by molar-refractivity contribution is -0.120. The molecule has 1 unspecified atom stereocenters. The van der Waals surface area contributed by atoms with Crippen LogP contribution in [0.3, 0.4) is 0 Å². The van der Waals surface area contributed by atoms with E-state index < -0.39 is 0 Å². The van der Waals surface area contributed by atoms with Crippen molar-refractivity contribution in [2.45, 2.75) is 58.9 Å². The summed E-state index contributed by atoms with van der Waals surface area (Å²) in [6, 6.07) is 10.9. The van der Waals surface area contributed by atoms with Crippen molar-refractivity contribution in [2.24, 2.45) is 5.92 Å². The molecule has 1 aliphatic rings. The third-order valence-corrected chi connectivity index (χ3v) is 6.43. The maximum absolute atomic E-state index is 13.7. The number of rotatable bonds is 7. The lowest BCUT2D eigenvalue weighted by Crippen LogP contribution is -2.25. The molecule has 3 heterocycles. The molecule has 174 valence electrons. The van der Waals surface area contributed by atoms with Crippen LogP contribution in [0.5, 0.6) is 0 Å². The highest BCUT2D eigenvalue weighted by atomic mass is 19.1. The number of hydrogen-bond acceptors (Lipinski definition) is 5. The van der Waals surface area contributed by atoms with Gasteiger partial charge >= 0.3 is 0 Å². The largest absolute Gasteiger partial charge is 0.355 e. The number of benzene rings is 1. The Morgan fingerprint density at radius 1 is 1.18 bits per heavy atom. The Balaban J connectivity index is 1.41. The summed E-state index contributed by atoms with van der Waals surface area (Å²) in [5.74, 6) is 1.50. The van der Waals surface area contributed by atoms with Crippen LogP contribution in [-0.4, -0.2) is 38.9 Å². The van der Waals surface area contributed by atoms with Crippen molar-refractivity contribution in [3.8, 4) is 11.3 Å². The highest BCUT2D eigenvalue weighted by Crippen LogP contribution is 2.27. The van der Waals surface area contributed by atoms with E-state index in [0.29, 0.717) is 17.9 Å². The van der Waals surface area contributed by atoms with Crippen molar-refractivity contribution in [3.05, 3.63) is 59.7 Å². The summed E-state index contributed by atoms with van der Waals surface area (Å²) in [7, 11) is 0. The van der Waals surface area contributed by atoms with Gasteiger partial charge in [-0.25, -0.2) is 4.39 Å². The predicted octanol–water partition coefficient (Wildman–Crippen LogP) is 5.18. The van der Waals surface area contributed by atoms with Crippen molar-refractivity contribution in [2.75, 3.05) is 18.0 Å². The molecule has 1 aromatic carbocycles. The fourth-order valence-corrected chi connectivity index (χ4v) is 4.58. The lowest BCUT2D eigenvalue weighted by Gasteiger charge is -2.20. The van der Waals surface area contributed by atoms with E-state index in [4.69, 9.17) is 5.10 Å². The number of Topliss-reactive ketones (excluding diaryl/α,β-unsaturated/α-hetero) is 1. The van der Waals surface area contributed by atoms with Crippen LogP contribution in [0.1, 0.15) is 56.7 Å². The molecule has 1 fully saturated rings. The summed E-state index contributed by atoms with van der Waals surface area (Å²) in [5, 5.41) is 12.9. The summed E-state index contributed by atoms with van der Waals surface area (Å²) < 4.78 is 15.5. The second-order valence-electron chi connectivity index (χ2n) is 9.34. The smallest absolute Gasteiger partial charge is 0.154 e. The number of carbonyl (C=O) groups excluding carboxylic acids is 1. The maximum Gasteiger partial charge on any atom is 0.154 e. The van der Waals surface area contributed by atoms with Crippen molar-refractivity contribution in [3.63, 3.8) is 0 Å².